The highest BCUT2D eigenvalue weighted by atomic mass is 16.5. The van der Waals surface area contributed by atoms with E-state index in [-0.39, 0.29) is 0 Å². The van der Waals surface area contributed by atoms with Crippen molar-refractivity contribution < 1.29 is 19.4 Å². The van der Waals surface area contributed by atoms with Crippen LogP contribution in [0.3, 0.4) is 0 Å². The fourth-order valence-electron chi connectivity index (χ4n) is 3.16. The van der Waals surface area contributed by atoms with Crippen molar-refractivity contribution in [2.24, 2.45) is 11.3 Å². The van der Waals surface area contributed by atoms with Gasteiger partial charge in [0.1, 0.15) is 5.41 Å². The summed E-state index contributed by atoms with van der Waals surface area (Å²) in [6.45, 7) is 4.26. The van der Waals surface area contributed by atoms with Crippen LogP contribution in [0.5, 0.6) is 0 Å². The Hall–Kier alpha value is -0.650. The van der Waals surface area contributed by atoms with Crippen LogP contribution >= 0.6 is 0 Å². The molecule has 0 aromatic rings. The first-order chi connectivity index (χ1) is 9.12. The van der Waals surface area contributed by atoms with Gasteiger partial charge in [-0.15, -0.1) is 0 Å². The Morgan fingerprint density at radius 1 is 1.32 bits per heavy atom. The van der Waals surface area contributed by atoms with E-state index in [1.54, 1.807) is 0 Å². The summed E-state index contributed by atoms with van der Waals surface area (Å²) in [7, 11) is 2.02. The van der Waals surface area contributed by atoms with Gasteiger partial charge in [-0.25, -0.2) is 0 Å². The minimum atomic E-state index is -0.717. The van der Waals surface area contributed by atoms with Gasteiger partial charge < -0.3 is 19.5 Å². The maximum absolute atomic E-state index is 11.6. The number of carboxylic acids is 1. The van der Waals surface area contributed by atoms with Gasteiger partial charge in [-0.1, -0.05) is 0 Å². The number of rotatable bonds is 5. The highest BCUT2D eigenvalue weighted by Crippen LogP contribution is 2.30. The van der Waals surface area contributed by atoms with Gasteiger partial charge in [0, 0.05) is 32.9 Å². The van der Waals surface area contributed by atoms with Crippen molar-refractivity contribution in [1.82, 2.24) is 4.90 Å². The molecule has 2 fully saturated rings. The van der Waals surface area contributed by atoms with Gasteiger partial charge in [0.2, 0.25) is 0 Å². The maximum Gasteiger partial charge on any atom is 0.313 e. The van der Waals surface area contributed by atoms with Crippen molar-refractivity contribution in [2.45, 2.75) is 25.7 Å². The van der Waals surface area contributed by atoms with Crippen molar-refractivity contribution >= 4 is 5.97 Å². The molecule has 0 bridgehead atoms. The standard InChI is InChI=1S/C14H25NO4/c1-15(9-12-3-7-18-8-4-12)10-14(13(16)17)5-2-6-19-11-14/h12H,2-11H2,1H3,(H,16,17). The van der Waals surface area contributed by atoms with Crippen LogP contribution in [-0.4, -0.2) is 62.5 Å². The molecule has 0 amide bonds. The van der Waals surface area contributed by atoms with E-state index in [1.165, 1.54) is 0 Å². The third-order valence-electron chi connectivity index (χ3n) is 4.26. The Balaban J connectivity index is 1.87. The first kappa shape index (κ1) is 14.8. The van der Waals surface area contributed by atoms with Crippen molar-refractivity contribution in [1.29, 1.82) is 0 Å². The van der Waals surface area contributed by atoms with Crippen molar-refractivity contribution in [2.75, 3.05) is 46.6 Å². The maximum atomic E-state index is 11.6. The van der Waals surface area contributed by atoms with E-state index >= 15 is 0 Å². The molecule has 0 saturated carbocycles. The minimum absolute atomic E-state index is 0.348. The molecule has 2 aliphatic rings. The lowest BCUT2D eigenvalue weighted by Crippen LogP contribution is -2.48. The van der Waals surface area contributed by atoms with E-state index < -0.39 is 11.4 Å². The summed E-state index contributed by atoms with van der Waals surface area (Å²) in [6.07, 6.45) is 3.74. The second kappa shape index (κ2) is 6.68. The number of aliphatic carboxylic acids is 1. The molecule has 2 saturated heterocycles. The van der Waals surface area contributed by atoms with Gasteiger partial charge in [-0.3, -0.25) is 4.79 Å². The Morgan fingerprint density at radius 3 is 2.63 bits per heavy atom. The molecule has 2 heterocycles. The fraction of sp³-hybridized carbons (Fsp3) is 0.929. The molecule has 0 spiro atoms. The van der Waals surface area contributed by atoms with Gasteiger partial charge in [-0.05, 0) is 38.6 Å². The first-order valence-electron chi connectivity index (χ1n) is 7.20. The molecule has 2 rings (SSSR count). The monoisotopic (exact) mass is 271 g/mol. The molecule has 2 aliphatic heterocycles. The molecule has 1 atom stereocenters. The summed E-state index contributed by atoms with van der Waals surface area (Å²) in [6, 6.07) is 0. The Morgan fingerprint density at radius 2 is 2.05 bits per heavy atom. The summed E-state index contributed by atoms with van der Waals surface area (Å²) in [5.41, 5.74) is -0.710. The third kappa shape index (κ3) is 3.91. The quantitative estimate of drug-likeness (QED) is 0.815. The number of carbonyl (C=O) groups is 1. The van der Waals surface area contributed by atoms with E-state index in [0.29, 0.717) is 25.7 Å². The molecular formula is C14H25NO4. The smallest absolute Gasteiger partial charge is 0.313 e. The molecule has 1 N–H and O–H groups in total. The molecule has 5 heteroatoms. The van der Waals surface area contributed by atoms with Crippen LogP contribution in [0.4, 0.5) is 0 Å². The van der Waals surface area contributed by atoms with Gasteiger partial charge in [0.05, 0.1) is 6.61 Å². The fourth-order valence-corrected chi connectivity index (χ4v) is 3.16. The van der Waals surface area contributed by atoms with E-state index in [0.717, 1.165) is 45.4 Å². The Bertz CT molecular complexity index is 296. The average molecular weight is 271 g/mol. The number of ether oxygens (including phenoxy) is 2. The number of nitrogens with zero attached hydrogens (tertiary/aromatic N) is 1. The second-order valence-electron chi connectivity index (χ2n) is 5.99. The second-order valence-corrected chi connectivity index (χ2v) is 5.99. The summed E-state index contributed by atoms with van der Waals surface area (Å²) >= 11 is 0. The third-order valence-corrected chi connectivity index (χ3v) is 4.26. The van der Waals surface area contributed by atoms with Crippen LogP contribution in [0, 0.1) is 11.3 Å². The lowest BCUT2D eigenvalue weighted by atomic mass is 9.82. The van der Waals surface area contributed by atoms with Gasteiger partial charge >= 0.3 is 5.97 Å². The minimum Gasteiger partial charge on any atom is -0.481 e. The zero-order valence-corrected chi connectivity index (χ0v) is 11.8. The number of carboxylic acid groups (broad SMARTS) is 1. The molecule has 0 radical (unpaired) electrons. The normalized spacial score (nSPS) is 29.6. The van der Waals surface area contributed by atoms with E-state index in [9.17, 15) is 9.90 Å². The molecule has 0 aromatic heterocycles. The molecular weight excluding hydrogens is 246 g/mol. The number of hydrogen-bond donors (Lipinski definition) is 1. The molecule has 1 unspecified atom stereocenters. The largest absolute Gasteiger partial charge is 0.481 e. The molecule has 19 heavy (non-hydrogen) atoms. The lowest BCUT2D eigenvalue weighted by Gasteiger charge is -2.37. The van der Waals surface area contributed by atoms with E-state index in [4.69, 9.17) is 9.47 Å². The van der Waals surface area contributed by atoms with Crippen LogP contribution in [-0.2, 0) is 14.3 Å². The van der Waals surface area contributed by atoms with Crippen molar-refractivity contribution in [3.63, 3.8) is 0 Å². The average Bonchev–Trinajstić information content (AvgIpc) is 2.40. The SMILES string of the molecule is CN(CC1CCOCC1)CC1(C(=O)O)CCCOC1. The Kier molecular flexibility index (Phi) is 5.19. The van der Waals surface area contributed by atoms with Crippen LogP contribution in [0.25, 0.3) is 0 Å². The summed E-state index contributed by atoms with van der Waals surface area (Å²) in [5, 5.41) is 9.52. The van der Waals surface area contributed by atoms with Crippen LogP contribution in [0.2, 0.25) is 0 Å². The summed E-state index contributed by atoms with van der Waals surface area (Å²) in [5.74, 6) is -0.0832. The lowest BCUT2D eigenvalue weighted by molar-refractivity contribution is -0.159. The van der Waals surface area contributed by atoms with Crippen LogP contribution in [0.1, 0.15) is 25.7 Å². The van der Waals surface area contributed by atoms with E-state index in [2.05, 4.69) is 4.90 Å². The molecule has 0 aromatic carbocycles. The highest BCUT2D eigenvalue weighted by Gasteiger charge is 2.41. The predicted octanol–water partition coefficient (Wildman–Crippen LogP) is 1.23. The highest BCUT2D eigenvalue weighted by molar-refractivity contribution is 5.75. The number of hydrogen-bond acceptors (Lipinski definition) is 4. The first-order valence-corrected chi connectivity index (χ1v) is 7.20. The van der Waals surface area contributed by atoms with E-state index in [1.807, 2.05) is 7.05 Å². The molecule has 110 valence electrons. The molecule has 5 nitrogen and oxygen atoms in total. The van der Waals surface area contributed by atoms with Crippen LogP contribution < -0.4 is 0 Å². The van der Waals surface area contributed by atoms with Gasteiger partial charge in [0.25, 0.3) is 0 Å². The summed E-state index contributed by atoms with van der Waals surface area (Å²) in [4.78, 5) is 13.7. The van der Waals surface area contributed by atoms with Gasteiger partial charge in [0.15, 0.2) is 0 Å². The molecule has 0 aliphatic carbocycles. The topological polar surface area (TPSA) is 59.0 Å². The van der Waals surface area contributed by atoms with Gasteiger partial charge in [-0.2, -0.15) is 0 Å². The zero-order chi connectivity index (χ0) is 13.7. The zero-order valence-electron chi connectivity index (χ0n) is 11.8. The summed E-state index contributed by atoms with van der Waals surface area (Å²) < 4.78 is 10.8. The predicted molar refractivity (Wildman–Crippen MR) is 71.2 cm³/mol. The van der Waals surface area contributed by atoms with Crippen LogP contribution in [0.15, 0.2) is 0 Å². The van der Waals surface area contributed by atoms with Crippen molar-refractivity contribution in [3.05, 3.63) is 0 Å². The Labute approximate surface area is 114 Å². The van der Waals surface area contributed by atoms with Crippen molar-refractivity contribution in [3.8, 4) is 0 Å².